The first kappa shape index (κ1) is 14.4. The van der Waals surface area contributed by atoms with Gasteiger partial charge in [0.25, 0.3) is 0 Å². The number of aryl methyl sites for hydroxylation is 1. The number of pyridine rings is 1. The van der Waals surface area contributed by atoms with Crippen LogP contribution in [0.4, 0.5) is 11.5 Å². The van der Waals surface area contributed by atoms with Gasteiger partial charge in [-0.25, -0.2) is 9.78 Å². The minimum atomic E-state index is -0.942. The Morgan fingerprint density at radius 2 is 2.15 bits per heavy atom. The molecule has 2 N–H and O–H groups in total. The normalized spacial score (nSPS) is 10.3. The first-order valence-corrected chi connectivity index (χ1v) is 7.50. The van der Waals surface area contributed by atoms with Gasteiger partial charge in [0.2, 0.25) is 0 Å². The van der Waals surface area contributed by atoms with Gasteiger partial charge in [-0.15, -0.1) is 11.8 Å². The van der Waals surface area contributed by atoms with Gasteiger partial charge in [0.15, 0.2) is 0 Å². The summed E-state index contributed by atoms with van der Waals surface area (Å²) in [6.45, 7) is 1.95. The van der Waals surface area contributed by atoms with Gasteiger partial charge in [0.05, 0.1) is 5.56 Å². The van der Waals surface area contributed by atoms with E-state index in [1.807, 2.05) is 37.4 Å². The molecule has 0 saturated heterocycles. The summed E-state index contributed by atoms with van der Waals surface area (Å²) in [5.74, 6) is -0.386. The van der Waals surface area contributed by atoms with Crippen molar-refractivity contribution in [2.75, 3.05) is 11.6 Å². The Hall–Kier alpha value is -2.01. The first-order valence-electron chi connectivity index (χ1n) is 6.27. The highest BCUT2D eigenvalue weighted by atomic mass is 32.2. The largest absolute Gasteiger partial charge is 0.478 e. The number of benzene rings is 1. The number of carbonyl (C=O) groups is 1. The van der Waals surface area contributed by atoms with Crippen molar-refractivity contribution in [2.24, 2.45) is 0 Å². The molecule has 0 fully saturated rings. The average Bonchev–Trinajstić information content (AvgIpc) is 2.47. The highest BCUT2D eigenvalue weighted by Gasteiger charge is 2.08. The minimum absolute atomic E-state index is 0.250. The maximum Gasteiger partial charge on any atom is 0.335 e. The minimum Gasteiger partial charge on any atom is -0.478 e. The van der Waals surface area contributed by atoms with E-state index in [1.54, 1.807) is 23.9 Å². The number of nitrogens with one attached hydrogen (secondary N) is 1. The molecule has 0 atom stereocenters. The van der Waals surface area contributed by atoms with Crippen molar-refractivity contribution in [3.63, 3.8) is 0 Å². The van der Waals surface area contributed by atoms with E-state index in [-0.39, 0.29) is 5.56 Å². The molecule has 4 nitrogen and oxygen atoms in total. The van der Waals surface area contributed by atoms with Crippen molar-refractivity contribution in [3.8, 4) is 0 Å². The predicted octanol–water partition coefficient (Wildman–Crippen LogP) is 3.81. The Kier molecular flexibility index (Phi) is 4.63. The Bertz CT molecular complexity index is 629. The second kappa shape index (κ2) is 6.43. The van der Waals surface area contributed by atoms with E-state index < -0.39 is 5.97 Å². The second-order valence-electron chi connectivity index (χ2n) is 4.25. The van der Waals surface area contributed by atoms with E-state index in [9.17, 15) is 4.79 Å². The van der Waals surface area contributed by atoms with Gasteiger partial charge in [-0.05, 0) is 43.0 Å². The third kappa shape index (κ3) is 3.51. The maximum absolute atomic E-state index is 11.1. The second-order valence-corrected chi connectivity index (χ2v) is 5.13. The monoisotopic (exact) mass is 288 g/mol. The number of rotatable bonds is 5. The number of hydrogen-bond donors (Lipinski definition) is 2. The molecule has 5 heteroatoms. The van der Waals surface area contributed by atoms with Crippen LogP contribution in [-0.2, 0) is 6.42 Å². The molecule has 0 unspecified atom stereocenters. The molecular weight excluding hydrogens is 272 g/mol. The molecule has 0 saturated carbocycles. The fourth-order valence-corrected chi connectivity index (χ4v) is 2.26. The summed E-state index contributed by atoms with van der Waals surface area (Å²) < 4.78 is 0. The average molecular weight is 288 g/mol. The topological polar surface area (TPSA) is 62.2 Å². The predicted molar refractivity (Wildman–Crippen MR) is 82.1 cm³/mol. The van der Waals surface area contributed by atoms with Gasteiger partial charge in [-0.1, -0.05) is 13.0 Å². The van der Waals surface area contributed by atoms with Crippen molar-refractivity contribution in [1.82, 2.24) is 4.98 Å². The molecule has 20 heavy (non-hydrogen) atoms. The lowest BCUT2D eigenvalue weighted by molar-refractivity contribution is 0.0696. The van der Waals surface area contributed by atoms with E-state index in [0.29, 0.717) is 12.2 Å². The molecule has 0 spiro atoms. The molecule has 0 aliphatic rings. The summed E-state index contributed by atoms with van der Waals surface area (Å²) in [4.78, 5) is 16.7. The molecule has 104 valence electrons. The Morgan fingerprint density at radius 1 is 1.35 bits per heavy atom. The van der Waals surface area contributed by atoms with Crippen molar-refractivity contribution in [3.05, 3.63) is 47.7 Å². The lowest BCUT2D eigenvalue weighted by atomic mass is 10.2. The van der Waals surface area contributed by atoms with Gasteiger partial charge in [0, 0.05) is 16.3 Å². The SMILES string of the molecule is CCc1cc(C(=O)O)cc(Nc2cccc(SC)c2)n1. The Labute approximate surface area is 122 Å². The van der Waals surface area contributed by atoms with Crippen molar-refractivity contribution >= 4 is 29.2 Å². The number of carboxylic acid groups (broad SMARTS) is 1. The van der Waals surface area contributed by atoms with Gasteiger partial charge >= 0.3 is 5.97 Å². The fraction of sp³-hybridized carbons (Fsp3) is 0.200. The van der Waals surface area contributed by atoms with Crippen molar-refractivity contribution < 1.29 is 9.90 Å². The first-order chi connectivity index (χ1) is 9.62. The molecule has 0 aliphatic heterocycles. The quantitative estimate of drug-likeness (QED) is 0.819. The number of carboxylic acids is 1. The summed E-state index contributed by atoms with van der Waals surface area (Å²) in [7, 11) is 0. The maximum atomic E-state index is 11.1. The zero-order chi connectivity index (χ0) is 14.5. The number of aromatic nitrogens is 1. The Morgan fingerprint density at radius 3 is 2.80 bits per heavy atom. The molecule has 1 aromatic heterocycles. The molecule has 0 radical (unpaired) electrons. The van der Waals surface area contributed by atoms with Crippen LogP contribution in [0, 0.1) is 0 Å². The number of aromatic carboxylic acids is 1. The van der Waals surface area contributed by atoms with E-state index in [2.05, 4.69) is 10.3 Å². The molecule has 0 aliphatic carbocycles. The fourth-order valence-electron chi connectivity index (χ4n) is 1.81. The Balaban J connectivity index is 2.32. The third-order valence-corrected chi connectivity index (χ3v) is 3.56. The van der Waals surface area contributed by atoms with Gasteiger partial charge in [-0.2, -0.15) is 0 Å². The lowest BCUT2D eigenvalue weighted by Gasteiger charge is -2.09. The van der Waals surface area contributed by atoms with Crippen LogP contribution in [0.1, 0.15) is 23.0 Å². The van der Waals surface area contributed by atoms with Gasteiger partial charge < -0.3 is 10.4 Å². The molecule has 1 aromatic carbocycles. The van der Waals surface area contributed by atoms with Crippen LogP contribution in [0.3, 0.4) is 0 Å². The van der Waals surface area contributed by atoms with E-state index in [1.165, 1.54) is 0 Å². The van der Waals surface area contributed by atoms with Crippen LogP contribution in [0.2, 0.25) is 0 Å². The zero-order valence-corrected chi connectivity index (χ0v) is 12.2. The standard InChI is InChI=1S/C15H16N2O2S/c1-3-11-7-10(15(18)19)8-14(16-11)17-12-5-4-6-13(9-12)20-2/h4-9H,3H2,1-2H3,(H,16,17)(H,18,19). The van der Waals surface area contributed by atoms with Gasteiger partial charge in [0.1, 0.15) is 5.82 Å². The smallest absolute Gasteiger partial charge is 0.335 e. The molecule has 1 heterocycles. The lowest BCUT2D eigenvalue weighted by Crippen LogP contribution is -2.03. The highest BCUT2D eigenvalue weighted by Crippen LogP contribution is 2.22. The number of nitrogens with zero attached hydrogens (tertiary/aromatic N) is 1. The van der Waals surface area contributed by atoms with Crippen LogP contribution < -0.4 is 5.32 Å². The molecular formula is C15H16N2O2S. The summed E-state index contributed by atoms with van der Waals surface area (Å²) in [6.07, 6.45) is 2.71. The molecule has 0 amide bonds. The van der Waals surface area contributed by atoms with Crippen LogP contribution in [0.25, 0.3) is 0 Å². The molecule has 2 rings (SSSR count). The summed E-state index contributed by atoms with van der Waals surface area (Å²) in [5, 5.41) is 12.3. The van der Waals surface area contributed by atoms with Crippen LogP contribution >= 0.6 is 11.8 Å². The van der Waals surface area contributed by atoms with Crippen molar-refractivity contribution in [2.45, 2.75) is 18.2 Å². The van der Waals surface area contributed by atoms with Crippen LogP contribution in [0.5, 0.6) is 0 Å². The summed E-state index contributed by atoms with van der Waals surface area (Å²) in [5.41, 5.74) is 1.91. The van der Waals surface area contributed by atoms with Crippen molar-refractivity contribution in [1.29, 1.82) is 0 Å². The molecule has 2 aromatic rings. The number of hydrogen-bond acceptors (Lipinski definition) is 4. The van der Waals surface area contributed by atoms with Crippen LogP contribution in [0.15, 0.2) is 41.3 Å². The third-order valence-electron chi connectivity index (χ3n) is 2.83. The molecule has 0 bridgehead atoms. The highest BCUT2D eigenvalue weighted by molar-refractivity contribution is 7.98. The number of anilines is 2. The van der Waals surface area contributed by atoms with E-state index in [4.69, 9.17) is 5.11 Å². The van der Waals surface area contributed by atoms with E-state index in [0.717, 1.165) is 16.3 Å². The summed E-state index contributed by atoms with van der Waals surface area (Å²) >= 11 is 1.65. The van der Waals surface area contributed by atoms with Crippen LogP contribution in [-0.4, -0.2) is 22.3 Å². The van der Waals surface area contributed by atoms with E-state index >= 15 is 0 Å². The number of thioether (sulfide) groups is 1. The van der Waals surface area contributed by atoms with Gasteiger partial charge in [-0.3, -0.25) is 0 Å². The zero-order valence-electron chi connectivity index (χ0n) is 11.4. The summed E-state index contributed by atoms with van der Waals surface area (Å²) in [6, 6.07) is 11.1.